The highest BCUT2D eigenvalue weighted by atomic mass is 79.9. The molecule has 0 aliphatic rings. The van der Waals surface area contributed by atoms with Crippen molar-refractivity contribution in [3.63, 3.8) is 0 Å². The highest BCUT2D eigenvalue weighted by Crippen LogP contribution is 2.17. The summed E-state index contributed by atoms with van der Waals surface area (Å²) in [5.41, 5.74) is 2.82. The van der Waals surface area contributed by atoms with Crippen LogP contribution >= 0.6 is 15.9 Å². The topological polar surface area (TPSA) is 34.0 Å². The monoisotopic (exact) mass is 306 g/mol. The number of aryl methyl sites for hydroxylation is 2. The SMILES string of the molecule is Cc1cc(C(=O)NCc2cccn2C)ccc1Br. The summed E-state index contributed by atoms with van der Waals surface area (Å²) in [5.74, 6) is -0.0493. The standard InChI is InChI=1S/C14H15BrN2O/c1-10-8-11(5-6-13(10)15)14(18)16-9-12-4-3-7-17(12)2/h3-8H,9H2,1-2H3,(H,16,18). The van der Waals surface area contributed by atoms with Crippen molar-refractivity contribution in [3.8, 4) is 0 Å². The van der Waals surface area contributed by atoms with Gasteiger partial charge in [-0.2, -0.15) is 0 Å². The Hall–Kier alpha value is -1.55. The Morgan fingerprint density at radius 2 is 2.17 bits per heavy atom. The van der Waals surface area contributed by atoms with Gasteiger partial charge in [-0.05, 0) is 42.8 Å². The molecule has 0 radical (unpaired) electrons. The average molecular weight is 307 g/mol. The van der Waals surface area contributed by atoms with Crippen molar-refractivity contribution < 1.29 is 4.79 Å². The molecule has 0 saturated carbocycles. The number of aromatic nitrogens is 1. The Morgan fingerprint density at radius 1 is 1.39 bits per heavy atom. The lowest BCUT2D eigenvalue weighted by Crippen LogP contribution is -2.23. The van der Waals surface area contributed by atoms with Crippen LogP contribution in [-0.4, -0.2) is 10.5 Å². The first-order valence-corrected chi connectivity index (χ1v) is 6.52. The second-order valence-corrected chi connectivity index (χ2v) is 5.11. The smallest absolute Gasteiger partial charge is 0.251 e. The molecule has 0 fully saturated rings. The van der Waals surface area contributed by atoms with Crippen molar-refractivity contribution in [1.29, 1.82) is 0 Å². The highest BCUT2D eigenvalue weighted by Gasteiger charge is 2.07. The zero-order valence-electron chi connectivity index (χ0n) is 10.4. The van der Waals surface area contributed by atoms with E-state index >= 15 is 0 Å². The molecular formula is C14H15BrN2O. The van der Waals surface area contributed by atoms with Crippen LogP contribution in [0.25, 0.3) is 0 Å². The zero-order chi connectivity index (χ0) is 13.1. The number of halogens is 1. The molecule has 0 spiro atoms. The number of rotatable bonds is 3. The third-order valence-electron chi connectivity index (χ3n) is 2.90. The van der Waals surface area contributed by atoms with Crippen molar-refractivity contribution in [2.75, 3.05) is 0 Å². The first-order chi connectivity index (χ1) is 8.58. The molecule has 1 aromatic carbocycles. The molecular weight excluding hydrogens is 292 g/mol. The third-order valence-corrected chi connectivity index (χ3v) is 3.79. The van der Waals surface area contributed by atoms with E-state index in [2.05, 4.69) is 21.2 Å². The van der Waals surface area contributed by atoms with Crippen molar-refractivity contribution in [1.82, 2.24) is 9.88 Å². The summed E-state index contributed by atoms with van der Waals surface area (Å²) < 4.78 is 3.01. The van der Waals surface area contributed by atoms with E-state index in [0.29, 0.717) is 12.1 Å². The number of carbonyl (C=O) groups excluding carboxylic acids is 1. The number of hydrogen-bond acceptors (Lipinski definition) is 1. The van der Waals surface area contributed by atoms with Gasteiger partial charge < -0.3 is 9.88 Å². The molecule has 2 aromatic rings. The van der Waals surface area contributed by atoms with E-state index in [9.17, 15) is 4.79 Å². The van der Waals surface area contributed by atoms with E-state index in [1.165, 1.54) is 0 Å². The first kappa shape index (κ1) is 12.9. The van der Waals surface area contributed by atoms with Gasteiger partial charge in [-0.3, -0.25) is 4.79 Å². The quantitative estimate of drug-likeness (QED) is 0.929. The van der Waals surface area contributed by atoms with E-state index in [0.717, 1.165) is 15.7 Å². The van der Waals surface area contributed by atoms with Gasteiger partial charge in [-0.15, -0.1) is 0 Å². The molecule has 0 bridgehead atoms. The van der Waals surface area contributed by atoms with Gasteiger partial charge in [0.1, 0.15) is 0 Å². The Morgan fingerprint density at radius 3 is 2.78 bits per heavy atom. The molecule has 0 aliphatic heterocycles. The fourth-order valence-corrected chi connectivity index (χ4v) is 1.99. The summed E-state index contributed by atoms with van der Waals surface area (Å²) in [6.45, 7) is 2.51. The fraction of sp³-hybridized carbons (Fsp3) is 0.214. The molecule has 94 valence electrons. The average Bonchev–Trinajstić information content (AvgIpc) is 2.75. The van der Waals surface area contributed by atoms with Crippen LogP contribution in [0.15, 0.2) is 41.0 Å². The number of nitrogens with one attached hydrogen (secondary N) is 1. The molecule has 1 amide bonds. The Balaban J connectivity index is 2.04. The van der Waals surface area contributed by atoms with Gasteiger partial charge in [0, 0.05) is 29.0 Å². The largest absolute Gasteiger partial charge is 0.353 e. The van der Waals surface area contributed by atoms with Crippen molar-refractivity contribution in [3.05, 3.63) is 57.8 Å². The molecule has 0 atom stereocenters. The molecule has 1 heterocycles. The molecule has 0 unspecified atom stereocenters. The second-order valence-electron chi connectivity index (χ2n) is 4.26. The van der Waals surface area contributed by atoms with Crippen LogP contribution in [-0.2, 0) is 13.6 Å². The van der Waals surface area contributed by atoms with Gasteiger partial charge >= 0.3 is 0 Å². The molecule has 0 aliphatic carbocycles. The molecule has 1 N–H and O–H groups in total. The molecule has 4 heteroatoms. The number of benzene rings is 1. The Kier molecular flexibility index (Phi) is 3.87. The maximum absolute atomic E-state index is 12.0. The highest BCUT2D eigenvalue weighted by molar-refractivity contribution is 9.10. The van der Waals surface area contributed by atoms with Gasteiger partial charge in [0.15, 0.2) is 0 Å². The van der Waals surface area contributed by atoms with E-state index in [4.69, 9.17) is 0 Å². The second kappa shape index (κ2) is 5.40. The van der Waals surface area contributed by atoms with Crippen molar-refractivity contribution in [2.45, 2.75) is 13.5 Å². The van der Waals surface area contributed by atoms with E-state index < -0.39 is 0 Å². The Labute approximate surface area is 115 Å². The Bertz CT molecular complexity index is 575. The van der Waals surface area contributed by atoms with Gasteiger partial charge in [-0.25, -0.2) is 0 Å². The summed E-state index contributed by atoms with van der Waals surface area (Å²) >= 11 is 3.42. The van der Waals surface area contributed by atoms with Gasteiger partial charge in [0.2, 0.25) is 0 Å². The lowest BCUT2D eigenvalue weighted by Gasteiger charge is -2.07. The minimum absolute atomic E-state index is 0.0493. The molecule has 18 heavy (non-hydrogen) atoms. The van der Waals surface area contributed by atoms with Crippen LogP contribution in [0.1, 0.15) is 21.6 Å². The zero-order valence-corrected chi connectivity index (χ0v) is 12.0. The van der Waals surface area contributed by atoms with Crippen molar-refractivity contribution in [2.24, 2.45) is 7.05 Å². The van der Waals surface area contributed by atoms with Gasteiger partial charge in [0.25, 0.3) is 5.91 Å². The van der Waals surface area contributed by atoms with Crippen molar-refractivity contribution >= 4 is 21.8 Å². The number of nitrogens with zero attached hydrogens (tertiary/aromatic N) is 1. The maximum Gasteiger partial charge on any atom is 0.251 e. The molecule has 3 nitrogen and oxygen atoms in total. The fourth-order valence-electron chi connectivity index (χ4n) is 1.74. The third kappa shape index (κ3) is 2.82. The maximum atomic E-state index is 12.0. The minimum atomic E-state index is -0.0493. The number of carbonyl (C=O) groups is 1. The van der Waals surface area contributed by atoms with Crippen LogP contribution in [0.2, 0.25) is 0 Å². The summed E-state index contributed by atoms with van der Waals surface area (Å²) in [5, 5.41) is 2.91. The summed E-state index contributed by atoms with van der Waals surface area (Å²) in [6.07, 6.45) is 1.96. The van der Waals surface area contributed by atoms with E-state index in [1.807, 2.05) is 55.1 Å². The first-order valence-electron chi connectivity index (χ1n) is 5.72. The van der Waals surface area contributed by atoms with Crippen LogP contribution in [0, 0.1) is 6.92 Å². The summed E-state index contributed by atoms with van der Waals surface area (Å²) in [4.78, 5) is 12.0. The van der Waals surface area contributed by atoms with Crippen LogP contribution in [0.4, 0.5) is 0 Å². The molecule has 1 aromatic heterocycles. The predicted octanol–water partition coefficient (Wildman–Crippen LogP) is 3.03. The van der Waals surface area contributed by atoms with E-state index in [1.54, 1.807) is 0 Å². The van der Waals surface area contributed by atoms with E-state index in [-0.39, 0.29) is 5.91 Å². The molecule has 0 saturated heterocycles. The summed E-state index contributed by atoms with van der Waals surface area (Å²) in [6, 6.07) is 9.55. The normalized spacial score (nSPS) is 10.4. The summed E-state index contributed by atoms with van der Waals surface area (Å²) in [7, 11) is 1.96. The number of hydrogen-bond donors (Lipinski definition) is 1. The van der Waals surface area contributed by atoms with Crippen LogP contribution in [0.5, 0.6) is 0 Å². The number of amides is 1. The lowest BCUT2D eigenvalue weighted by molar-refractivity contribution is 0.0950. The lowest BCUT2D eigenvalue weighted by atomic mass is 10.1. The van der Waals surface area contributed by atoms with Gasteiger partial charge in [-0.1, -0.05) is 15.9 Å². The van der Waals surface area contributed by atoms with Crippen LogP contribution < -0.4 is 5.32 Å². The predicted molar refractivity (Wildman–Crippen MR) is 75.5 cm³/mol. The van der Waals surface area contributed by atoms with Gasteiger partial charge in [0.05, 0.1) is 6.54 Å². The molecule has 2 rings (SSSR count). The van der Waals surface area contributed by atoms with Crippen LogP contribution in [0.3, 0.4) is 0 Å². The minimum Gasteiger partial charge on any atom is -0.353 e.